The first-order valence-electron chi connectivity index (χ1n) is 4.14. The lowest BCUT2D eigenvalue weighted by molar-refractivity contribution is -0.137. The number of nitrogens with zero attached hydrogens (tertiary/aromatic N) is 1. The number of hydrogen-bond acceptors (Lipinski definition) is 3. The van der Waals surface area contributed by atoms with Crippen LogP contribution >= 0.6 is 0 Å². The van der Waals surface area contributed by atoms with Crippen LogP contribution in [-0.2, 0) is 11.2 Å². The first kappa shape index (κ1) is 9.73. The number of H-pyrrole nitrogens is 1. The van der Waals surface area contributed by atoms with E-state index in [-0.39, 0.29) is 6.42 Å². The second kappa shape index (κ2) is 4.04. The summed E-state index contributed by atoms with van der Waals surface area (Å²) in [5, 5.41) is 8.49. The van der Waals surface area contributed by atoms with Crippen LogP contribution < -0.4 is 5.73 Å². The van der Waals surface area contributed by atoms with Gasteiger partial charge in [-0.3, -0.25) is 4.79 Å². The van der Waals surface area contributed by atoms with Gasteiger partial charge in [0.15, 0.2) is 0 Å². The molecule has 0 aliphatic rings. The molecule has 1 aromatic heterocycles. The number of aromatic nitrogens is 2. The molecule has 0 saturated carbocycles. The molecule has 0 amide bonds. The Morgan fingerprint density at radius 1 is 1.85 bits per heavy atom. The molecule has 0 saturated heterocycles. The molecule has 5 heteroatoms. The molecule has 1 aromatic rings. The standard InChI is InChI=1S/C8H13N3O2/c1-2-7-10-4-6(11-7)5(9)3-8(12)13/h4-5H,2-3,9H2,1H3,(H,10,11)(H,12,13). The summed E-state index contributed by atoms with van der Waals surface area (Å²) in [6, 6.07) is -0.495. The molecule has 1 rings (SSSR count). The minimum atomic E-state index is -0.903. The molecule has 0 fully saturated rings. The fourth-order valence-electron chi connectivity index (χ4n) is 1.04. The van der Waals surface area contributed by atoms with Crippen molar-refractivity contribution in [2.75, 3.05) is 0 Å². The number of imidazole rings is 1. The van der Waals surface area contributed by atoms with E-state index in [1.165, 1.54) is 0 Å². The topological polar surface area (TPSA) is 92.0 Å². The lowest BCUT2D eigenvalue weighted by atomic mass is 10.2. The molecule has 0 spiro atoms. The van der Waals surface area contributed by atoms with Crippen molar-refractivity contribution in [2.24, 2.45) is 5.73 Å². The second-order valence-electron chi connectivity index (χ2n) is 2.84. The highest BCUT2D eigenvalue weighted by molar-refractivity contribution is 5.67. The maximum Gasteiger partial charge on any atom is 0.305 e. The number of hydrogen-bond donors (Lipinski definition) is 3. The maximum absolute atomic E-state index is 10.3. The number of aryl methyl sites for hydroxylation is 1. The van der Waals surface area contributed by atoms with Crippen LogP contribution in [0.15, 0.2) is 6.20 Å². The third kappa shape index (κ3) is 2.55. The Kier molecular flexibility index (Phi) is 3.02. The summed E-state index contributed by atoms with van der Waals surface area (Å²) in [4.78, 5) is 17.3. The number of nitrogens with one attached hydrogen (secondary N) is 1. The van der Waals surface area contributed by atoms with E-state index in [1.807, 2.05) is 6.92 Å². The fourth-order valence-corrected chi connectivity index (χ4v) is 1.04. The molecule has 0 bridgehead atoms. The number of carboxylic acids is 1. The highest BCUT2D eigenvalue weighted by Gasteiger charge is 2.12. The Labute approximate surface area is 76.0 Å². The van der Waals surface area contributed by atoms with Crippen LogP contribution in [0.4, 0.5) is 0 Å². The van der Waals surface area contributed by atoms with Gasteiger partial charge in [0.1, 0.15) is 5.82 Å². The van der Waals surface area contributed by atoms with Crippen LogP contribution in [0.2, 0.25) is 0 Å². The zero-order valence-electron chi connectivity index (χ0n) is 7.45. The molecule has 0 radical (unpaired) electrons. The average Bonchev–Trinajstić information content (AvgIpc) is 2.50. The summed E-state index contributed by atoms with van der Waals surface area (Å²) in [5.74, 6) is -0.0732. The predicted octanol–water partition coefficient (Wildman–Crippen LogP) is 0.447. The largest absolute Gasteiger partial charge is 0.481 e. The van der Waals surface area contributed by atoms with E-state index < -0.39 is 12.0 Å². The SMILES string of the molecule is CCc1ncc(C(N)CC(=O)O)[nH]1. The molecule has 1 heterocycles. The van der Waals surface area contributed by atoms with E-state index in [1.54, 1.807) is 6.20 Å². The number of aliphatic carboxylic acids is 1. The van der Waals surface area contributed by atoms with Crippen LogP contribution in [0.1, 0.15) is 30.9 Å². The molecule has 4 N–H and O–H groups in total. The van der Waals surface area contributed by atoms with Gasteiger partial charge in [0.05, 0.1) is 18.2 Å². The predicted molar refractivity (Wildman–Crippen MR) is 47.1 cm³/mol. The van der Waals surface area contributed by atoms with Crippen molar-refractivity contribution in [1.29, 1.82) is 0 Å². The van der Waals surface area contributed by atoms with Crippen molar-refractivity contribution in [2.45, 2.75) is 25.8 Å². The van der Waals surface area contributed by atoms with E-state index in [9.17, 15) is 4.79 Å². The quantitative estimate of drug-likeness (QED) is 0.631. The second-order valence-corrected chi connectivity index (χ2v) is 2.84. The highest BCUT2D eigenvalue weighted by Crippen LogP contribution is 2.11. The molecule has 0 aromatic carbocycles. The molecule has 0 aliphatic heterocycles. The van der Waals surface area contributed by atoms with Gasteiger partial charge in [-0.15, -0.1) is 0 Å². The molecule has 5 nitrogen and oxygen atoms in total. The molecule has 0 aliphatic carbocycles. The Morgan fingerprint density at radius 2 is 2.54 bits per heavy atom. The van der Waals surface area contributed by atoms with Gasteiger partial charge >= 0.3 is 5.97 Å². The minimum absolute atomic E-state index is 0.0780. The molecular formula is C8H13N3O2. The van der Waals surface area contributed by atoms with Crippen LogP contribution in [0.3, 0.4) is 0 Å². The Bertz CT molecular complexity index is 295. The Balaban J connectivity index is 2.65. The van der Waals surface area contributed by atoms with E-state index in [4.69, 9.17) is 10.8 Å². The molecule has 72 valence electrons. The maximum atomic E-state index is 10.3. The van der Waals surface area contributed by atoms with Gasteiger partial charge in [-0.2, -0.15) is 0 Å². The smallest absolute Gasteiger partial charge is 0.305 e. The lowest BCUT2D eigenvalue weighted by Crippen LogP contribution is -2.15. The van der Waals surface area contributed by atoms with E-state index >= 15 is 0 Å². The fraction of sp³-hybridized carbons (Fsp3) is 0.500. The number of aromatic amines is 1. The van der Waals surface area contributed by atoms with Crippen molar-refractivity contribution < 1.29 is 9.90 Å². The first-order valence-corrected chi connectivity index (χ1v) is 4.14. The van der Waals surface area contributed by atoms with E-state index in [2.05, 4.69) is 9.97 Å². The number of carbonyl (C=O) groups is 1. The highest BCUT2D eigenvalue weighted by atomic mass is 16.4. The summed E-state index contributed by atoms with van der Waals surface area (Å²) >= 11 is 0. The van der Waals surface area contributed by atoms with Gasteiger partial charge in [0, 0.05) is 12.6 Å². The molecule has 1 unspecified atom stereocenters. The zero-order valence-corrected chi connectivity index (χ0v) is 7.45. The van der Waals surface area contributed by atoms with Crippen LogP contribution in [-0.4, -0.2) is 21.0 Å². The normalized spacial score (nSPS) is 12.8. The monoisotopic (exact) mass is 183 g/mol. The Morgan fingerprint density at radius 3 is 3.00 bits per heavy atom. The summed E-state index contributed by atoms with van der Waals surface area (Å²) in [7, 11) is 0. The third-order valence-corrected chi connectivity index (χ3v) is 1.78. The zero-order chi connectivity index (χ0) is 9.84. The number of carboxylic acid groups (broad SMARTS) is 1. The van der Waals surface area contributed by atoms with Crippen molar-refractivity contribution >= 4 is 5.97 Å². The summed E-state index contributed by atoms with van der Waals surface area (Å²) in [5.41, 5.74) is 6.29. The third-order valence-electron chi connectivity index (χ3n) is 1.78. The Hall–Kier alpha value is -1.36. The summed E-state index contributed by atoms with van der Waals surface area (Å²) in [6.07, 6.45) is 2.30. The van der Waals surface area contributed by atoms with Gasteiger partial charge in [-0.25, -0.2) is 4.98 Å². The van der Waals surface area contributed by atoms with Crippen LogP contribution in [0.25, 0.3) is 0 Å². The van der Waals surface area contributed by atoms with Gasteiger partial charge < -0.3 is 15.8 Å². The van der Waals surface area contributed by atoms with Crippen LogP contribution in [0, 0.1) is 0 Å². The van der Waals surface area contributed by atoms with E-state index in [0.29, 0.717) is 5.69 Å². The molecule has 13 heavy (non-hydrogen) atoms. The van der Waals surface area contributed by atoms with Gasteiger partial charge in [-0.05, 0) is 0 Å². The van der Waals surface area contributed by atoms with Gasteiger partial charge in [0.25, 0.3) is 0 Å². The number of nitrogens with two attached hydrogens (primary N) is 1. The van der Waals surface area contributed by atoms with Gasteiger partial charge in [0.2, 0.25) is 0 Å². The first-order chi connectivity index (χ1) is 6.13. The summed E-state index contributed by atoms with van der Waals surface area (Å²) in [6.45, 7) is 1.96. The molecule has 1 atom stereocenters. The van der Waals surface area contributed by atoms with Crippen LogP contribution in [0.5, 0.6) is 0 Å². The average molecular weight is 183 g/mol. The van der Waals surface area contributed by atoms with Crippen molar-refractivity contribution in [1.82, 2.24) is 9.97 Å². The summed E-state index contributed by atoms with van der Waals surface area (Å²) < 4.78 is 0. The van der Waals surface area contributed by atoms with E-state index in [0.717, 1.165) is 12.2 Å². The van der Waals surface area contributed by atoms with Crippen molar-refractivity contribution in [3.8, 4) is 0 Å². The lowest BCUT2D eigenvalue weighted by Gasteiger charge is -2.04. The minimum Gasteiger partial charge on any atom is -0.481 e. The molecular weight excluding hydrogens is 170 g/mol. The van der Waals surface area contributed by atoms with Crippen molar-refractivity contribution in [3.05, 3.63) is 17.7 Å². The van der Waals surface area contributed by atoms with Crippen molar-refractivity contribution in [3.63, 3.8) is 0 Å². The number of rotatable bonds is 4. The van der Waals surface area contributed by atoms with Gasteiger partial charge in [-0.1, -0.05) is 6.92 Å².